The summed E-state index contributed by atoms with van der Waals surface area (Å²) in [7, 11) is -2.74. The van der Waals surface area contributed by atoms with Crippen molar-refractivity contribution >= 4 is 15.7 Å². The number of hydrogen-bond acceptors (Lipinski definition) is 4. The number of amides is 1. The van der Waals surface area contributed by atoms with Crippen LogP contribution in [0.4, 0.5) is 0 Å². The van der Waals surface area contributed by atoms with E-state index in [0.717, 1.165) is 6.42 Å². The third kappa shape index (κ3) is 2.24. The average molecular weight is 218 g/mol. The average Bonchev–Trinajstić information content (AvgIpc) is 2.44. The van der Waals surface area contributed by atoms with Gasteiger partial charge < -0.3 is 10.6 Å². The number of nitrogens with one attached hydrogen (secondary N) is 2. The van der Waals surface area contributed by atoms with E-state index in [2.05, 4.69) is 10.6 Å². The van der Waals surface area contributed by atoms with E-state index in [4.69, 9.17) is 0 Å². The summed E-state index contributed by atoms with van der Waals surface area (Å²) in [5.74, 6) is 0.583. The first kappa shape index (κ1) is 9.92. The van der Waals surface area contributed by atoms with Crippen LogP contribution in [0, 0.1) is 0 Å². The van der Waals surface area contributed by atoms with Crippen LogP contribution in [0.3, 0.4) is 0 Å². The molecule has 0 aromatic heterocycles. The second-order valence-electron chi connectivity index (χ2n) is 3.99. The Morgan fingerprint density at radius 3 is 2.64 bits per heavy atom. The molecule has 0 bridgehead atoms. The molecule has 1 atom stereocenters. The summed E-state index contributed by atoms with van der Waals surface area (Å²) in [5.41, 5.74) is 0. The van der Waals surface area contributed by atoms with Gasteiger partial charge in [-0.3, -0.25) is 4.79 Å². The Morgan fingerprint density at radius 1 is 1.43 bits per heavy atom. The van der Waals surface area contributed by atoms with Crippen LogP contribution in [0.2, 0.25) is 0 Å². The van der Waals surface area contributed by atoms with Gasteiger partial charge >= 0.3 is 0 Å². The maximum Gasteiger partial charge on any atom is 0.220 e. The third-order valence-corrected chi connectivity index (χ3v) is 4.47. The van der Waals surface area contributed by atoms with E-state index in [-0.39, 0.29) is 29.5 Å². The van der Waals surface area contributed by atoms with Crippen molar-refractivity contribution in [1.29, 1.82) is 0 Å². The van der Waals surface area contributed by atoms with Crippen LogP contribution in [0.1, 0.15) is 12.8 Å². The topological polar surface area (TPSA) is 75.3 Å². The molecule has 2 saturated heterocycles. The molecule has 0 saturated carbocycles. The molecule has 80 valence electrons. The molecule has 1 unspecified atom stereocenters. The Bertz CT molecular complexity index is 326. The lowest BCUT2D eigenvalue weighted by Crippen LogP contribution is -2.53. The molecule has 2 aliphatic rings. The first-order valence-corrected chi connectivity index (χ1v) is 6.60. The van der Waals surface area contributed by atoms with Crippen LogP contribution >= 0.6 is 0 Å². The van der Waals surface area contributed by atoms with Crippen LogP contribution < -0.4 is 10.6 Å². The molecule has 1 amide bonds. The molecule has 2 fully saturated rings. The van der Waals surface area contributed by atoms with Crippen molar-refractivity contribution < 1.29 is 13.2 Å². The van der Waals surface area contributed by atoms with Gasteiger partial charge in [0.25, 0.3) is 0 Å². The highest BCUT2D eigenvalue weighted by atomic mass is 32.2. The molecule has 0 spiro atoms. The number of hydrogen-bond donors (Lipinski definition) is 2. The van der Waals surface area contributed by atoms with Gasteiger partial charge in [-0.2, -0.15) is 0 Å². The monoisotopic (exact) mass is 218 g/mol. The first-order valence-electron chi connectivity index (χ1n) is 4.78. The lowest BCUT2D eigenvalue weighted by molar-refractivity contribution is -0.119. The Morgan fingerprint density at radius 2 is 2.14 bits per heavy atom. The lowest BCUT2D eigenvalue weighted by Gasteiger charge is -2.27. The summed E-state index contributed by atoms with van der Waals surface area (Å²) in [5, 5.41) is 5.97. The maximum absolute atomic E-state index is 10.8. The molecule has 5 nitrogen and oxygen atoms in total. The molecule has 2 heterocycles. The van der Waals surface area contributed by atoms with Crippen molar-refractivity contribution in [2.45, 2.75) is 24.9 Å². The molecule has 2 rings (SSSR count). The molecule has 2 N–H and O–H groups in total. The standard InChI is InChI=1S/C8H14N2O3S/c11-8-2-1-6(10-8)3-9-7-4-14(12,13)5-7/h6-7,9H,1-5H2,(H,10,11). The van der Waals surface area contributed by atoms with Gasteiger partial charge in [-0.15, -0.1) is 0 Å². The van der Waals surface area contributed by atoms with E-state index in [9.17, 15) is 13.2 Å². The highest BCUT2D eigenvalue weighted by molar-refractivity contribution is 7.92. The molecule has 14 heavy (non-hydrogen) atoms. The van der Waals surface area contributed by atoms with Crippen molar-refractivity contribution in [2.75, 3.05) is 18.1 Å². The minimum Gasteiger partial charge on any atom is -0.352 e. The van der Waals surface area contributed by atoms with Crippen LogP contribution in [0.5, 0.6) is 0 Å². The third-order valence-electron chi connectivity index (χ3n) is 2.65. The van der Waals surface area contributed by atoms with Crippen LogP contribution in [-0.2, 0) is 14.6 Å². The Kier molecular flexibility index (Phi) is 2.48. The van der Waals surface area contributed by atoms with Gasteiger partial charge in [0, 0.05) is 25.0 Å². The highest BCUT2D eigenvalue weighted by Gasteiger charge is 2.33. The first-order chi connectivity index (χ1) is 6.55. The highest BCUT2D eigenvalue weighted by Crippen LogP contribution is 2.11. The Hall–Kier alpha value is -0.620. The summed E-state index contributed by atoms with van der Waals surface area (Å²) >= 11 is 0. The largest absolute Gasteiger partial charge is 0.352 e. The van der Waals surface area contributed by atoms with Crippen molar-refractivity contribution in [3.05, 3.63) is 0 Å². The number of carbonyl (C=O) groups is 1. The molecule has 6 heteroatoms. The van der Waals surface area contributed by atoms with E-state index < -0.39 is 9.84 Å². The normalized spacial score (nSPS) is 31.1. The predicted molar refractivity (Wildman–Crippen MR) is 51.6 cm³/mol. The van der Waals surface area contributed by atoms with E-state index in [1.807, 2.05) is 0 Å². The minimum atomic E-state index is -2.74. The van der Waals surface area contributed by atoms with E-state index >= 15 is 0 Å². The van der Waals surface area contributed by atoms with Gasteiger partial charge in [-0.05, 0) is 6.42 Å². The lowest BCUT2D eigenvalue weighted by atomic mass is 10.2. The fourth-order valence-electron chi connectivity index (χ4n) is 1.82. The molecule has 0 aromatic rings. The van der Waals surface area contributed by atoms with Crippen molar-refractivity contribution in [2.24, 2.45) is 0 Å². The predicted octanol–water partition coefficient (Wildman–Crippen LogP) is -1.35. The van der Waals surface area contributed by atoms with E-state index in [1.54, 1.807) is 0 Å². The van der Waals surface area contributed by atoms with Crippen LogP contribution in [0.25, 0.3) is 0 Å². The van der Waals surface area contributed by atoms with E-state index in [0.29, 0.717) is 13.0 Å². The zero-order valence-electron chi connectivity index (χ0n) is 7.82. The molecular weight excluding hydrogens is 204 g/mol. The molecular formula is C8H14N2O3S. The van der Waals surface area contributed by atoms with Gasteiger partial charge in [0.2, 0.25) is 5.91 Å². The molecule has 2 aliphatic heterocycles. The fraction of sp³-hybridized carbons (Fsp3) is 0.875. The summed E-state index contributed by atoms with van der Waals surface area (Å²) in [6, 6.07) is 0.281. The number of rotatable bonds is 3. The van der Waals surface area contributed by atoms with Crippen molar-refractivity contribution in [3.8, 4) is 0 Å². The van der Waals surface area contributed by atoms with Gasteiger partial charge in [-0.25, -0.2) is 8.42 Å². The summed E-state index contributed by atoms with van der Waals surface area (Å²) in [6.07, 6.45) is 1.45. The SMILES string of the molecule is O=C1CCC(CNC2CS(=O)(=O)C2)N1. The van der Waals surface area contributed by atoms with E-state index in [1.165, 1.54) is 0 Å². The smallest absolute Gasteiger partial charge is 0.220 e. The summed E-state index contributed by atoms with van der Waals surface area (Å²) < 4.78 is 21.7. The van der Waals surface area contributed by atoms with Crippen LogP contribution in [-0.4, -0.2) is 44.5 Å². The zero-order chi connectivity index (χ0) is 10.2. The summed E-state index contributed by atoms with van der Waals surface area (Å²) in [4.78, 5) is 10.8. The molecule has 0 radical (unpaired) electrons. The van der Waals surface area contributed by atoms with Crippen LogP contribution in [0.15, 0.2) is 0 Å². The fourth-order valence-corrected chi connectivity index (χ4v) is 3.19. The molecule has 0 aliphatic carbocycles. The summed E-state index contributed by atoms with van der Waals surface area (Å²) in [6.45, 7) is 0.686. The Balaban J connectivity index is 1.67. The second-order valence-corrected chi connectivity index (χ2v) is 6.14. The number of sulfone groups is 1. The van der Waals surface area contributed by atoms with Crippen molar-refractivity contribution in [3.63, 3.8) is 0 Å². The van der Waals surface area contributed by atoms with Gasteiger partial charge in [0.15, 0.2) is 9.84 Å². The Labute approximate surface area is 83.2 Å². The second kappa shape index (κ2) is 3.51. The van der Waals surface area contributed by atoms with Gasteiger partial charge in [-0.1, -0.05) is 0 Å². The van der Waals surface area contributed by atoms with Crippen molar-refractivity contribution in [1.82, 2.24) is 10.6 Å². The maximum atomic E-state index is 10.8. The number of carbonyl (C=O) groups excluding carboxylic acids is 1. The quantitative estimate of drug-likeness (QED) is 0.614. The van der Waals surface area contributed by atoms with Gasteiger partial charge in [0.05, 0.1) is 11.5 Å². The molecule has 0 aromatic carbocycles. The zero-order valence-corrected chi connectivity index (χ0v) is 8.64. The van der Waals surface area contributed by atoms with Gasteiger partial charge in [0.1, 0.15) is 0 Å². The minimum absolute atomic E-state index is 0.0949.